The molecule has 5 aliphatic rings. The lowest BCUT2D eigenvalue weighted by molar-refractivity contribution is -0.316. The van der Waals surface area contributed by atoms with Gasteiger partial charge in [-0.1, -0.05) is 80.5 Å². The molecular weight excluding hydrogens is 841 g/mol. The van der Waals surface area contributed by atoms with Crippen LogP contribution in [0.1, 0.15) is 119 Å². The number of hydrogen-bond acceptors (Lipinski definition) is 13. The Hall–Kier alpha value is -3.23. The first-order chi connectivity index (χ1) is 29.4. The van der Waals surface area contributed by atoms with Crippen LogP contribution in [0.25, 0.3) is 10.8 Å². The summed E-state index contributed by atoms with van der Waals surface area (Å²) < 4.78 is 53.4. The average Bonchev–Trinajstić information content (AvgIpc) is 4.00. The Morgan fingerprint density at radius 2 is 1.51 bits per heavy atom. The van der Waals surface area contributed by atoms with Gasteiger partial charge >= 0.3 is 8.56 Å². The molecule has 4 unspecified atom stereocenters. The maximum atomic E-state index is 15.6. The van der Waals surface area contributed by atoms with Crippen LogP contribution in [-0.2, 0) is 41.4 Å². The largest absolute Gasteiger partial charge is 0.510 e. The fraction of sp³-hybridized carbons (Fsp3) is 0.625. The molecule has 0 radical (unpaired) electrons. The maximum Gasteiger partial charge on any atom is 0.471 e. The van der Waals surface area contributed by atoms with Crippen LogP contribution >= 0.6 is 0 Å². The van der Waals surface area contributed by atoms with Gasteiger partial charge in [0.05, 0.1) is 69.7 Å². The Labute approximate surface area is 373 Å². The number of aryl methyl sites for hydroxylation is 1. The number of ether oxygens (including phenoxy) is 5. The second-order valence-corrected chi connectivity index (χ2v) is 31.1. The van der Waals surface area contributed by atoms with Gasteiger partial charge in [0.2, 0.25) is 17.2 Å². The van der Waals surface area contributed by atoms with Crippen LogP contribution in [0.2, 0.25) is 28.2 Å². The van der Waals surface area contributed by atoms with Gasteiger partial charge in [-0.3, -0.25) is 9.59 Å². The van der Waals surface area contributed by atoms with Crippen LogP contribution in [0.3, 0.4) is 0 Å². The zero-order valence-electron chi connectivity index (χ0n) is 39.1. The summed E-state index contributed by atoms with van der Waals surface area (Å²) >= 11 is 0. The van der Waals surface area contributed by atoms with Gasteiger partial charge in [-0.05, 0) is 59.3 Å². The summed E-state index contributed by atoms with van der Waals surface area (Å²) in [5, 5.41) is 32.0. The molecule has 3 saturated heterocycles. The zero-order valence-corrected chi connectivity index (χ0v) is 41.1. The second-order valence-electron chi connectivity index (χ2n) is 21.7. The van der Waals surface area contributed by atoms with Crippen LogP contribution in [0.5, 0.6) is 17.2 Å². The fourth-order valence-corrected chi connectivity index (χ4v) is 16.3. The van der Waals surface area contributed by atoms with E-state index in [0.717, 1.165) is 16.9 Å². The van der Waals surface area contributed by atoms with Crippen molar-refractivity contribution in [3.63, 3.8) is 0 Å². The number of rotatable bonds is 11. The molecule has 4 aliphatic heterocycles. The van der Waals surface area contributed by atoms with Crippen LogP contribution < -0.4 is 13.6 Å². The number of epoxide rings is 1. The molecule has 6 atom stereocenters. The van der Waals surface area contributed by atoms with E-state index in [1.165, 1.54) is 0 Å². The minimum absolute atomic E-state index is 0.00304. The van der Waals surface area contributed by atoms with Crippen molar-refractivity contribution < 1.29 is 61.9 Å². The molecular formula is C48H66O13Si2. The molecule has 1 aliphatic carbocycles. The van der Waals surface area contributed by atoms with E-state index in [0.29, 0.717) is 44.5 Å². The smallest absolute Gasteiger partial charge is 0.471 e. The summed E-state index contributed by atoms with van der Waals surface area (Å²) in [6.07, 6.45) is -2.36. The Balaban J connectivity index is 1.39. The molecule has 13 nitrogen and oxygen atoms in total. The number of fused-ring (bicyclic) bond motifs is 5. The number of carbonyl (C=O) groups excluding carboxylic acids is 2. The lowest BCUT2D eigenvalue weighted by atomic mass is 9.78. The molecule has 3 aromatic rings. The highest BCUT2D eigenvalue weighted by Crippen LogP contribution is 2.64. The number of carbonyl (C=O) groups is 2. The molecule has 2 bridgehead atoms. The summed E-state index contributed by atoms with van der Waals surface area (Å²) in [7, 11) is -4.53. The SMILES string of the molecule is COc1ccc(CO[C@H]2CC(O[Si](C)(C)C(C)(C)C)C(=O)c3c2c(CO)c2cc(C)c(C4COC5(C(CO)CO)OC4C(=O)[C@@]54CO4)c4c2c3O[Si](C(C)(C)C)(C(C)(C)C)O4)cc1. The third-order valence-electron chi connectivity index (χ3n) is 14.8. The lowest BCUT2D eigenvalue weighted by Gasteiger charge is -2.52. The minimum Gasteiger partial charge on any atom is -0.510 e. The van der Waals surface area contributed by atoms with Crippen molar-refractivity contribution in [2.75, 3.05) is 33.5 Å². The molecule has 15 heteroatoms. The fourth-order valence-electron chi connectivity index (χ4n) is 10.5. The number of Topliss-reactive ketones (excluding diaryl/α,β-unsaturated/α-hetero) is 2. The van der Waals surface area contributed by atoms with E-state index in [-0.39, 0.29) is 42.8 Å². The van der Waals surface area contributed by atoms with Gasteiger partial charge < -0.3 is 52.3 Å². The van der Waals surface area contributed by atoms with E-state index < -0.39 is 88.3 Å². The molecule has 0 aromatic heterocycles. The molecule has 3 aromatic carbocycles. The molecule has 63 heavy (non-hydrogen) atoms. The third-order valence-corrected chi connectivity index (χ3v) is 24.2. The van der Waals surface area contributed by atoms with Crippen molar-refractivity contribution in [1.29, 1.82) is 0 Å². The number of methoxy groups -OCH3 is 1. The van der Waals surface area contributed by atoms with Crippen molar-refractivity contribution in [3.8, 4) is 17.2 Å². The predicted molar refractivity (Wildman–Crippen MR) is 240 cm³/mol. The summed E-state index contributed by atoms with van der Waals surface area (Å²) in [4.78, 5) is 30.1. The van der Waals surface area contributed by atoms with Gasteiger partial charge in [0.1, 0.15) is 29.5 Å². The van der Waals surface area contributed by atoms with Crippen LogP contribution in [0, 0.1) is 12.8 Å². The molecule has 1 spiro atoms. The Bertz CT molecular complexity index is 2300. The first kappa shape index (κ1) is 46.3. The summed E-state index contributed by atoms with van der Waals surface area (Å²) in [6.45, 7) is 24.1. The quantitative estimate of drug-likeness (QED) is 0.126. The van der Waals surface area contributed by atoms with E-state index in [2.05, 4.69) is 75.4 Å². The van der Waals surface area contributed by atoms with Crippen LogP contribution in [-0.4, -0.2) is 101 Å². The normalized spacial score (nSPS) is 27.8. The zero-order chi connectivity index (χ0) is 46.0. The number of ketones is 2. The van der Waals surface area contributed by atoms with E-state index in [9.17, 15) is 20.1 Å². The summed E-state index contributed by atoms with van der Waals surface area (Å²) in [5.74, 6) is -2.28. The molecule has 8 rings (SSSR count). The first-order valence-corrected chi connectivity index (χ1v) is 26.9. The van der Waals surface area contributed by atoms with E-state index in [4.69, 9.17) is 37.0 Å². The molecule has 0 amide bonds. The van der Waals surface area contributed by atoms with Gasteiger partial charge in [-0.2, -0.15) is 0 Å². The highest BCUT2D eigenvalue weighted by molar-refractivity contribution is 6.75. The predicted octanol–water partition coefficient (Wildman–Crippen LogP) is 7.85. The number of hydrogen-bond donors (Lipinski definition) is 3. The minimum atomic E-state index is -3.60. The summed E-state index contributed by atoms with van der Waals surface area (Å²) in [5.41, 5.74) is 2.30. The molecule has 344 valence electrons. The van der Waals surface area contributed by atoms with E-state index in [1.54, 1.807) is 7.11 Å². The van der Waals surface area contributed by atoms with Gasteiger partial charge in [-0.25, -0.2) is 0 Å². The number of aliphatic hydroxyl groups excluding tert-OH is 3. The standard InChI is InChI=1S/C48H66O13Si2/c1-26-18-30-31(22-51)36-33(55-23-27-14-16-29(54-11)17-15-27)19-34(59-62(12,13)44(2,3)4)39(52)38(36)42-37(30)41(60-63(61-42,45(5,6)7)46(8,9)10)35(26)32-24-56-48(28(20-49)21-50)47(25-57-47)43(53)40(32)58-48/h14-18,28,32-34,40,49-51H,19-25H2,1-13H3/t32?,33-,34?,40?,47-,48?/m0/s1. The number of aliphatic hydroxyl groups is 3. The Kier molecular flexibility index (Phi) is 11.3. The average molecular weight is 907 g/mol. The molecule has 3 N–H and O–H groups in total. The number of benzene rings is 3. The molecule has 4 heterocycles. The van der Waals surface area contributed by atoms with Crippen molar-refractivity contribution in [2.24, 2.45) is 5.92 Å². The Morgan fingerprint density at radius 1 is 0.889 bits per heavy atom. The van der Waals surface area contributed by atoms with Crippen molar-refractivity contribution in [1.82, 2.24) is 0 Å². The van der Waals surface area contributed by atoms with Crippen LogP contribution in [0.4, 0.5) is 0 Å². The maximum absolute atomic E-state index is 15.6. The lowest BCUT2D eigenvalue weighted by Crippen LogP contribution is -2.64. The van der Waals surface area contributed by atoms with Crippen LogP contribution in [0.15, 0.2) is 30.3 Å². The topological polar surface area (TPSA) is 172 Å². The summed E-state index contributed by atoms with van der Waals surface area (Å²) in [6, 6.07) is 9.62. The van der Waals surface area contributed by atoms with Crippen molar-refractivity contribution in [3.05, 3.63) is 63.7 Å². The Morgan fingerprint density at radius 3 is 2.05 bits per heavy atom. The van der Waals surface area contributed by atoms with Crippen molar-refractivity contribution >= 4 is 39.2 Å². The van der Waals surface area contributed by atoms with Gasteiger partial charge in [0.15, 0.2) is 14.1 Å². The second kappa shape index (κ2) is 15.4. The highest BCUT2D eigenvalue weighted by Gasteiger charge is 2.80. The molecule has 0 saturated carbocycles. The first-order valence-electron chi connectivity index (χ1n) is 22.2. The van der Waals surface area contributed by atoms with Gasteiger partial charge in [0.25, 0.3) is 0 Å². The highest BCUT2D eigenvalue weighted by atomic mass is 28.4. The third kappa shape index (κ3) is 6.81. The monoisotopic (exact) mass is 906 g/mol. The van der Waals surface area contributed by atoms with Gasteiger partial charge in [0, 0.05) is 33.5 Å². The van der Waals surface area contributed by atoms with Gasteiger partial charge in [-0.15, -0.1) is 0 Å². The van der Waals surface area contributed by atoms with Crippen molar-refractivity contribution in [2.45, 2.75) is 153 Å². The van der Waals surface area contributed by atoms with E-state index in [1.807, 2.05) is 37.3 Å². The molecule has 3 fully saturated rings. The van der Waals surface area contributed by atoms with E-state index >= 15 is 4.79 Å².